The molecule has 2 amide bonds. The number of carbonyl (C=O) groups excluding carboxylic acids is 3. The van der Waals surface area contributed by atoms with Crippen LogP contribution in [0.3, 0.4) is 0 Å². The molecule has 1 aliphatic heterocycles. The minimum absolute atomic E-state index is 0.159. The highest BCUT2D eigenvalue weighted by atomic mass is 16.7. The molecule has 0 N–H and O–H groups in total. The lowest BCUT2D eigenvalue weighted by molar-refractivity contribution is -0.0584. The van der Waals surface area contributed by atoms with Gasteiger partial charge in [0.2, 0.25) is 0 Å². The Balaban J connectivity index is 1.62. The van der Waals surface area contributed by atoms with Crippen LogP contribution < -0.4 is 0 Å². The summed E-state index contributed by atoms with van der Waals surface area (Å²) in [6.45, 7) is 1.77. The number of aryl methyl sites for hydroxylation is 1. The van der Waals surface area contributed by atoms with Crippen molar-refractivity contribution < 1.29 is 19.2 Å². The zero-order valence-corrected chi connectivity index (χ0v) is 12.5. The number of imide groups is 1. The topological polar surface area (TPSA) is 93.9 Å². The maximum atomic E-state index is 12.3. The van der Waals surface area contributed by atoms with E-state index in [4.69, 9.17) is 4.84 Å². The molecule has 24 heavy (non-hydrogen) atoms. The van der Waals surface area contributed by atoms with Crippen molar-refractivity contribution in [2.75, 3.05) is 0 Å². The van der Waals surface area contributed by atoms with Crippen LogP contribution in [-0.2, 0) is 4.84 Å². The van der Waals surface area contributed by atoms with Crippen molar-refractivity contribution in [1.29, 1.82) is 0 Å². The summed E-state index contributed by atoms with van der Waals surface area (Å²) in [5.41, 5.74) is 1.04. The van der Waals surface area contributed by atoms with Gasteiger partial charge in [-0.1, -0.05) is 17.2 Å². The number of fused-ring (bicyclic) bond motifs is 2. The molecule has 2 aromatic heterocycles. The van der Waals surface area contributed by atoms with Crippen molar-refractivity contribution >= 4 is 23.4 Å². The SMILES string of the molecule is Cc1nnc2cc(C(=O)ON3C(=O)c4ccccc4C3=O)ccn12. The van der Waals surface area contributed by atoms with E-state index in [1.807, 2.05) is 0 Å². The largest absolute Gasteiger partial charge is 0.364 e. The van der Waals surface area contributed by atoms with Crippen LogP contribution >= 0.6 is 0 Å². The average molecular weight is 322 g/mol. The number of hydrogen-bond acceptors (Lipinski definition) is 6. The first-order valence-corrected chi connectivity index (χ1v) is 7.08. The Bertz CT molecular complexity index is 989. The van der Waals surface area contributed by atoms with Gasteiger partial charge in [-0.25, -0.2) is 4.79 Å². The van der Waals surface area contributed by atoms with E-state index < -0.39 is 17.8 Å². The second-order valence-corrected chi connectivity index (χ2v) is 5.22. The van der Waals surface area contributed by atoms with Gasteiger partial charge in [-0.2, -0.15) is 0 Å². The number of benzene rings is 1. The number of aromatic nitrogens is 3. The summed E-state index contributed by atoms with van der Waals surface area (Å²) in [5.74, 6) is -1.48. The number of amides is 2. The molecule has 8 nitrogen and oxygen atoms in total. The zero-order valence-electron chi connectivity index (χ0n) is 12.5. The molecule has 0 unspecified atom stereocenters. The van der Waals surface area contributed by atoms with Crippen molar-refractivity contribution in [3.63, 3.8) is 0 Å². The molecule has 0 bridgehead atoms. The van der Waals surface area contributed by atoms with Gasteiger partial charge in [-0.3, -0.25) is 14.0 Å². The monoisotopic (exact) mass is 322 g/mol. The number of nitrogens with zero attached hydrogens (tertiary/aromatic N) is 4. The Labute approximate surface area is 135 Å². The summed E-state index contributed by atoms with van der Waals surface area (Å²) in [6.07, 6.45) is 1.61. The standard InChI is InChI=1S/C16H10N4O4/c1-9-17-18-13-8-10(6-7-19(9)13)16(23)24-20-14(21)11-4-2-3-5-12(11)15(20)22/h2-8H,1H3. The number of hydroxylamine groups is 2. The van der Waals surface area contributed by atoms with Crippen molar-refractivity contribution in [3.05, 3.63) is 65.1 Å². The van der Waals surface area contributed by atoms with E-state index >= 15 is 0 Å². The minimum atomic E-state index is -0.826. The molecule has 0 fully saturated rings. The van der Waals surface area contributed by atoms with Crippen LogP contribution in [0.5, 0.6) is 0 Å². The fourth-order valence-corrected chi connectivity index (χ4v) is 2.52. The number of carbonyl (C=O) groups is 3. The van der Waals surface area contributed by atoms with Crippen LogP contribution in [0.15, 0.2) is 42.6 Å². The van der Waals surface area contributed by atoms with Gasteiger partial charge in [0.25, 0.3) is 11.8 Å². The Hall–Kier alpha value is -3.55. The molecule has 0 radical (unpaired) electrons. The Morgan fingerprint density at radius 3 is 2.38 bits per heavy atom. The highest BCUT2D eigenvalue weighted by molar-refractivity contribution is 6.21. The van der Waals surface area contributed by atoms with Gasteiger partial charge in [0.15, 0.2) is 5.65 Å². The van der Waals surface area contributed by atoms with Gasteiger partial charge in [-0.15, -0.1) is 10.2 Å². The summed E-state index contributed by atoms with van der Waals surface area (Å²) in [7, 11) is 0. The molecule has 0 atom stereocenters. The zero-order chi connectivity index (χ0) is 16.8. The minimum Gasteiger partial charge on any atom is -0.324 e. The van der Waals surface area contributed by atoms with Crippen molar-refractivity contribution in [1.82, 2.24) is 19.7 Å². The third kappa shape index (κ3) is 1.97. The molecule has 0 saturated heterocycles. The van der Waals surface area contributed by atoms with Gasteiger partial charge < -0.3 is 4.84 Å². The summed E-state index contributed by atoms with van der Waals surface area (Å²) in [6, 6.07) is 9.26. The van der Waals surface area contributed by atoms with Crippen LogP contribution in [0.1, 0.15) is 36.9 Å². The lowest BCUT2D eigenvalue weighted by atomic mass is 10.1. The first-order chi connectivity index (χ1) is 11.6. The van der Waals surface area contributed by atoms with Gasteiger partial charge in [0.05, 0.1) is 16.7 Å². The molecule has 3 heterocycles. The van der Waals surface area contributed by atoms with Gasteiger partial charge in [0, 0.05) is 6.20 Å². The fraction of sp³-hybridized carbons (Fsp3) is 0.0625. The Morgan fingerprint density at radius 1 is 1.04 bits per heavy atom. The summed E-state index contributed by atoms with van der Waals surface area (Å²) < 4.78 is 1.69. The second-order valence-electron chi connectivity index (χ2n) is 5.22. The lowest BCUT2D eigenvalue weighted by Crippen LogP contribution is -2.32. The number of hydrogen-bond donors (Lipinski definition) is 0. The predicted molar refractivity (Wildman–Crippen MR) is 80.1 cm³/mol. The van der Waals surface area contributed by atoms with E-state index in [0.29, 0.717) is 16.5 Å². The normalized spacial score (nSPS) is 13.5. The molecule has 1 aromatic carbocycles. The molecule has 1 aliphatic rings. The molecule has 3 aromatic rings. The van der Waals surface area contributed by atoms with Crippen LogP contribution in [0.2, 0.25) is 0 Å². The molecule has 8 heteroatoms. The smallest absolute Gasteiger partial charge is 0.324 e. The Morgan fingerprint density at radius 2 is 1.71 bits per heavy atom. The first kappa shape index (κ1) is 14.1. The Kier molecular flexibility index (Phi) is 2.92. The van der Waals surface area contributed by atoms with E-state index in [0.717, 1.165) is 0 Å². The highest BCUT2D eigenvalue weighted by Crippen LogP contribution is 2.23. The van der Waals surface area contributed by atoms with Crippen LogP contribution in [0.25, 0.3) is 5.65 Å². The van der Waals surface area contributed by atoms with Crippen molar-refractivity contribution in [3.8, 4) is 0 Å². The molecule has 0 saturated carbocycles. The van der Waals surface area contributed by atoms with E-state index in [1.54, 1.807) is 29.7 Å². The maximum Gasteiger partial charge on any atom is 0.364 e. The molecule has 118 valence electrons. The van der Waals surface area contributed by atoms with Crippen LogP contribution in [0.4, 0.5) is 0 Å². The van der Waals surface area contributed by atoms with E-state index in [-0.39, 0.29) is 16.7 Å². The quantitative estimate of drug-likeness (QED) is 0.662. The second kappa shape index (κ2) is 4.98. The molecule has 0 aliphatic carbocycles. The van der Waals surface area contributed by atoms with Crippen molar-refractivity contribution in [2.45, 2.75) is 6.92 Å². The molecular weight excluding hydrogens is 312 g/mol. The third-order valence-corrected chi connectivity index (χ3v) is 3.75. The van der Waals surface area contributed by atoms with Gasteiger partial charge >= 0.3 is 5.97 Å². The average Bonchev–Trinajstić information content (AvgIpc) is 3.08. The molecule has 0 spiro atoms. The van der Waals surface area contributed by atoms with Gasteiger partial charge in [-0.05, 0) is 31.2 Å². The summed E-state index contributed by atoms with van der Waals surface area (Å²) >= 11 is 0. The predicted octanol–water partition coefficient (Wildman–Crippen LogP) is 1.41. The van der Waals surface area contributed by atoms with E-state index in [1.165, 1.54) is 24.3 Å². The van der Waals surface area contributed by atoms with Crippen molar-refractivity contribution in [2.24, 2.45) is 0 Å². The lowest BCUT2D eigenvalue weighted by Gasteiger charge is -2.12. The van der Waals surface area contributed by atoms with Crippen LogP contribution in [-0.4, -0.2) is 37.4 Å². The van der Waals surface area contributed by atoms with Gasteiger partial charge in [0.1, 0.15) is 5.82 Å². The van der Waals surface area contributed by atoms with E-state index in [9.17, 15) is 14.4 Å². The number of rotatable bonds is 2. The fourth-order valence-electron chi connectivity index (χ4n) is 2.52. The number of pyridine rings is 1. The highest BCUT2D eigenvalue weighted by Gasteiger charge is 2.38. The summed E-state index contributed by atoms with van der Waals surface area (Å²) in [4.78, 5) is 41.6. The first-order valence-electron chi connectivity index (χ1n) is 7.08. The third-order valence-electron chi connectivity index (χ3n) is 3.75. The molecular formula is C16H10N4O4. The molecule has 4 rings (SSSR count). The van der Waals surface area contributed by atoms with E-state index in [2.05, 4.69) is 10.2 Å². The summed E-state index contributed by atoms with van der Waals surface area (Å²) in [5, 5.41) is 8.28. The maximum absolute atomic E-state index is 12.3. The van der Waals surface area contributed by atoms with Crippen LogP contribution in [0, 0.1) is 6.92 Å².